The van der Waals surface area contributed by atoms with Crippen LogP contribution in [0.25, 0.3) is 0 Å². The van der Waals surface area contributed by atoms with E-state index in [2.05, 4.69) is 11.7 Å². The molecule has 0 aliphatic rings. The molecular formula is C14H28O2. The molecule has 2 nitrogen and oxygen atoms in total. The Kier molecular flexibility index (Phi) is 6.70. The zero-order valence-electron chi connectivity index (χ0n) is 15.6. The maximum atomic E-state index is 11.5. The van der Waals surface area contributed by atoms with Crippen LogP contribution in [-0.2, 0) is 9.53 Å². The number of rotatable bonds is 11. The summed E-state index contributed by atoms with van der Waals surface area (Å²) in [6.45, 7) is 3.67. The highest BCUT2D eigenvalue weighted by molar-refractivity contribution is 5.69. The van der Waals surface area contributed by atoms with Crippen molar-refractivity contribution in [3.05, 3.63) is 0 Å². The quantitative estimate of drug-likeness (QED) is 0.389. The predicted octanol–water partition coefficient (Wildman–Crippen LogP) is 4.47. The molecule has 2 heteroatoms. The Hall–Kier alpha value is -0.530. The van der Waals surface area contributed by atoms with Crippen molar-refractivity contribution in [1.82, 2.24) is 0 Å². The maximum Gasteiger partial charge on any atom is 0.305 e. The number of carbonyl (C=O) groups is 1. The molecule has 0 N–H and O–H groups in total. The Morgan fingerprint density at radius 1 is 1.06 bits per heavy atom. The van der Waals surface area contributed by atoms with Gasteiger partial charge in [-0.2, -0.15) is 0 Å². The first-order chi connectivity index (χ1) is 9.71. The monoisotopic (exact) mass is 233 g/mol. The molecule has 1 atom stereocenters. The van der Waals surface area contributed by atoms with Crippen molar-refractivity contribution < 1.29 is 16.4 Å². The lowest BCUT2D eigenvalue weighted by molar-refractivity contribution is -0.143. The van der Waals surface area contributed by atoms with Gasteiger partial charge in [0.05, 0.1) is 6.61 Å². The summed E-state index contributed by atoms with van der Waals surface area (Å²) in [5.74, 6) is -1.23. The Labute approximate surface area is 108 Å². The topological polar surface area (TPSA) is 26.3 Å². The van der Waals surface area contributed by atoms with Crippen LogP contribution in [-0.4, -0.2) is 12.6 Å². The summed E-state index contributed by atoms with van der Waals surface area (Å²) < 4.78 is 43.3. The van der Waals surface area contributed by atoms with E-state index in [0.717, 1.165) is 25.7 Å². The molecule has 0 bridgehead atoms. The Morgan fingerprint density at radius 2 is 1.69 bits per heavy atom. The first kappa shape index (κ1) is 8.54. The molecule has 0 aromatic carbocycles. The van der Waals surface area contributed by atoms with Crippen molar-refractivity contribution in [2.45, 2.75) is 77.9 Å². The molecule has 0 spiro atoms. The Morgan fingerprint density at radius 3 is 2.31 bits per heavy atom. The molecule has 0 radical (unpaired) electrons. The molecule has 0 aliphatic heterocycles. The number of carbonyl (C=O) groups excluding carboxylic acids is 1. The van der Waals surface area contributed by atoms with Gasteiger partial charge < -0.3 is 4.74 Å². The third-order valence-corrected chi connectivity index (χ3v) is 2.25. The standard InChI is InChI=1S/C14H28O2/c1-3-5-6-7-8-9-10-11-12-13-14(15)16-4-2/h3-13H2,1-2H3/i11D,12D2,13D2. The molecule has 0 amide bonds. The minimum Gasteiger partial charge on any atom is -0.466 e. The van der Waals surface area contributed by atoms with Crippen molar-refractivity contribution in [3.8, 4) is 0 Å². The Balaban J connectivity index is 4.37. The summed E-state index contributed by atoms with van der Waals surface area (Å²) in [7, 11) is 0. The predicted molar refractivity (Wildman–Crippen MR) is 68.5 cm³/mol. The number of ether oxygens (including phenoxy) is 1. The number of hydrogen-bond acceptors (Lipinski definition) is 2. The third-order valence-electron chi connectivity index (χ3n) is 2.25. The summed E-state index contributed by atoms with van der Waals surface area (Å²) in [5.41, 5.74) is 0. The van der Waals surface area contributed by atoms with Gasteiger partial charge in [0, 0.05) is 13.2 Å². The number of esters is 1. The number of unbranched alkanes of at least 4 members (excludes halogenated alkanes) is 5. The van der Waals surface area contributed by atoms with Crippen molar-refractivity contribution in [1.29, 1.82) is 0 Å². The zero-order chi connectivity index (χ0) is 16.5. The van der Waals surface area contributed by atoms with Gasteiger partial charge in [-0.1, -0.05) is 58.3 Å². The van der Waals surface area contributed by atoms with Gasteiger partial charge >= 0.3 is 5.97 Å². The fraction of sp³-hybridized carbons (Fsp3) is 0.929. The molecule has 96 valence electrons. The second kappa shape index (κ2) is 12.5. The van der Waals surface area contributed by atoms with E-state index in [4.69, 9.17) is 6.85 Å². The summed E-state index contributed by atoms with van der Waals surface area (Å²) in [6, 6.07) is 0. The van der Waals surface area contributed by atoms with Crippen molar-refractivity contribution in [3.63, 3.8) is 0 Å². The lowest BCUT2D eigenvalue weighted by Crippen LogP contribution is -2.03. The van der Waals surface area contributed by atoms with E-state index >= 15 is 0 Å². The van der Waals surface area contributed by atoms with Crippen molar-refractivity contribution >= 4 is 5.97 Å². The highest BCUT2D eigenvalue weighted by Crippen LogP contribution is 2.10. The molecule has 0 saturated heterocycles. The average molecular weight is 233 g/mol. The first-order valence-corrected chi connectivity index (χ1v) is 6.31. The van der Waals surface area contributed by atoms with E-state index in [0.29, 0.717) is 6.42 Å². The van der Waals surface area contributed by atoms with E-state index in [1.165, 1.54) is 13.3 Å². The summed E-state index contributed by atoms with van der Waals surface area (Å²) in [4.78, 5) is 11.5. The molecule has 0 heterocycles. The molecule has 0 aromatic rings. The first-order valence-electron chi connectivity index (χ1n) is 8.89. The van der Waals surface area contributed by atoms with E-state index in [-0.39, 0.29) is 13.0 Å². The van der Waals surface area contributed by atoms with E-state index in [1.54, 1.807) is 0 Å². The van der Waals surface area contributed by atoms with Gasteiger partial charge in [0.15, 0.2) is 0 Å². The second-order valence-electron chi connectivity index (χ2n) is 3.75. The molecule has 0 fully saturated rings. The van der Waals surface area contributed by atoms with Gasteiger partial charge in [0.2, 0.25) is 0 Å². The molecule has 0 aliphatic carbocycles. The van der Waals surface area contributed by atoms with Crippen LogP contribution in [0.5, 0.6) is 0 Å². The van der Waals surface area contributed by atoms with Crippen LogP contribution in [0.3, 0.4) is 0 Å². The van der Waals surface area contributed by atoms with E-state index < -0.39 is 25.1 Å². The highest BCUT2D eigenvalue weighted by Gasteiger charge is 2.00. The van der Waals surface area contributed by atoms with Crippen LogP contribution < -0.4 is 0 Å². The summed E-state index contributed by atoms with van der Waals surface area (Å²) in [5, 5.41) is 0. The average Bonchev–Trinajstić information content (AvgIpc) is 2.42. The lowest BCUT2D eigenvalue weighted by atomic mass is 10.1. The van der Waals surface area contributed by atoms with Crippen LogP contribution in [0.2, 0.25) is 0 Å². The molecule has 0 aromatic heterocycles. The van der Waals surface area contributed by atoms with Crippen LogP contribution >= 0.6 is 0 Å². The molecular weight excluding hydrogens is 200 g/mol. The van der Waals surface area contributed by atoms with Gasteiger partial charge in [-0.25, -0.2) is 0 Å². The van der Waals surface area contributed by atoms with Crippen LogP contribution in [0.1, 0.15) is 84.8 Å². The summed E-state index contributed by atoms with van der Waals surface area (Å²) in [6.07, 6.45) is -0.269. The summed E-state index contributed by atoms with van der Waals surface area (Å²) >= 11 is 0. The van der Waals surface area contributed by atoms with Crippen LogP contribution in [0.4, 0.5) is 0 Å². The van der Waals surface area contributed by atoms with Crippen LogP contribution in [0.15, 0.2) is 0 Å². The van der Waals surface area contributed by atoms with Gasteiger partial charge in [0.25, 0.3) is 0 Å². The molecule has 16 heavy (non-hydrogen) atoms. The van der Waals surface area contributed by atoms with Gasteiger partial charge in [0.1, 0.15) is 0 Å². The van der Waals surface area contributed by atoms with Crippen LogP contribution in [0, 0.1) is 0 Å². The number of hydrogen-bond donors (Lipinski definition) is 0. The molecule has 0 saturated carbocycles. The molecule has 0 rings (SSSR count). The Bertz CT molecular complexity index is 308. The minimum atomic E-state index is -2.79. The fourth-order valence-corrected chi connectivity index (χ4v) is 1.38. The van der Waals surface area contributed by atoms with Gasteiger partial charge in [-0.15, -0.1) is 0 Å². The normalized spacial score (nSPS) is 18.8. The van der Waals surface area contributed by atoms with Gasteiger partial charge in [-0.05, 0) is 13.3 Å². The van der Waals surface area contributed by atoms with E-state index in [1.807, 2.05) is 0 Å². The third kappa shape index (κ3) is 11.5. The van der Waals surface area contributed by atoms with Gasteiger partial charge in [-0.3, -0.25) is 4.79 Å². The second-order valence-corrected chi connectivity index (χ2v) is 3.75. The fourth-order valence-electron chi connectivity index (χ4n) is 1.38. The zero-order valence-corrected chi connectivity index (χ0v) is 10.6. The SMILES string of the molecule is [2H]C(CCCCCCCC)C([2H])([2H])C([2H])([2H])C(=O)OCC. The smallest absolute Gasteiger partial charge is 0.305 e. The largest absolute Gasteiger partial charge is 0.466 e. The highest BCUT2D eigenvalue weighted by atomic mass is 16.5. The van der Waals surface area contributed by atoms with Crippen molar-refractivity contribution in [2.24, 2.45) is 0 Å². The maximum absolute atomic E-state index is 11.5. The van der Waals surface area contributed by atoms with Crippen molar-refractivity contribution in [2.75, 3.05) is 6.61 Å². The lowest BCUT2D eigenvalue weighted by Gasteiger charge is -2.02. The minimum absolute atomic E-state index is 0.00544. The van der Waals surface area contributed by atoms with E-state index in [9.17, 15) is 4.79 Å². The molecule has 1 unspecified atom stereocenters.